The minimum Gasteiger partial charge on any atom is -0.508 e. The van der Waals surface area contributed by atoms with Crippen LogP contribution in [0.4, 0.5) is 0 Å². The SMILES string of the molecule is CCCCN(Cc1cccc(O)c1)CC1CCCN1. The summed E-state index contributed by atoms with van der Waals surface area (Å²) in [5.41, 5.74) is 1.20. The summed E-state index contributed by atoms with van der Waals surface area (Å²) in [7, 11) is 0. The Morgan fingerprint density at radius 1 is 1.42 bits per heavy atom. The molecule has 0 aromatic heterocycles. The summed E-state index contributed by atoms with van der Waals surface area (Å²) in [5.74, 6) is 0.368. The molecule has 0 radical (unpaired) electrons. The number of nitrogens with zero attached hydrogens (tertiary/aromatic N) is 1. The molecular formula is C16H26N2O. The molecule has 1 atom stereocenters. The van der Waals surface area contributed by atoms with E-state index in [1.807, 2.05) is 12.1 Å². The molecule has 1 aromatic carbocycles. The average Bonchev–Trinajstić information content (AvgIpc) is 2.89. The van der Waals surface area contributed by atoms with Crippen LogP contribution < -0.4 is 5.32 Å². The van der Waals surface area contributed by atoms with Crippen LogP contribution in [-0.2, 0) is 6.54 Å². The van der Waals surface area contributed by atoms with Gasteiger partial charge >= 0.3 is 0 Å². The van der Waals surface area contributed by atoms with Crippen LogP contribution in [0.2, 0.25) is 0 Å². The second-order valence-electron chi connectivity index (χ2n) is 5.55. The van der Waals surface area contributed by atoms with Crippen LogP contribution in [-0.4, -0.2) is 35.7 Å². The van der Waals surface area contributed by atoms with Crippen LogP contribution in [0.3, 0.4) is 0 Å². The van der Waals surface area contributed by atoms with Crippen molar-refractivity contribution in [3.63, 3.8) is 0 Å². The number of benzene rings is 1. The Morgan fingerprint density at radius 3 is 3.00 bits per heavy atom. The predicted molar refractivity (Wildman–Crippen MR) is 79.3 cm³/mol. The zero-order valence-electron chi connectivity index (χ0n) is 11.9. The van der Waals surface area contributed by atoms with Crippen molar-refractivity contribution in [1.82, 2.24) is 10.2 Å². The van der Waals surface area contributed by atoms with E-state index < -0.39 is 0 Å². The maximum Gasteiger partial charge on any atom is 0.115 e. The molecule has 3 nitrogen and oxygen atoms in total. The highest BCUT2D eigenvalue weighted by molar-refractivity contribution is 5.27. The molecule has 1 unspecified atom stereocenters. The van der Waals surface area contributed by atoms with Crippen molar-refractivity contribution in [2.75, 3.05) is 19.6 Å². The normalized spacial score (nSPS) is 19.2. The summed E-state index contributed by atoms with van der Waals surface area (Å²) in [6, 6.07) is 8.28. The minimum absolute atomic E-state index is 0.368. The lowest BCUT2D eigenvalue weighted by Crippen LogP contribution is -2.37. The second kappa shape index (κ2) is 7.51. The quantitative estimate of drug-likeness (QED) is 0.793. The van der Waals surface area contributed by atoms with Gasteiger partial charge < -0.3 is 10.4 Å². The summed E-state index contributed by atoms with van der Waals surface area (Å²) < 4.78 is 0. The van der Waals surface area contributed by atoms with Crippen LogP contribution in [0.15, 0.2) is 24.3 Å². The third-order valence-corrected chi connectivity index (χ3v) is 3.79. The molecule has 1 fully saturated rings. The molecule has 106 valence electrons. The van der Waals surface area contributed by atoms with Gasteiger partial charge in [-0.2, -0.15) is 0 Å². The van der Waals surface area contributed by atoms with Crippen molar-refractivity contribution in [2.45, 2.75) is 45.2 Å². The van der Waals surface area contributed by atoms with Crippen molar-refractivity contribution in [1.29, 1.82) is 0 Å². The predicted octanol–water partition coefficient (Wildman–Crippen LogP) is 2.75. The highest BCUT2D eigenvalue weighted by Gasteiger charge is 2.17. The van der Waals surface area contributed by atoms with E-state index in [2.05, 4.69) is 23.2 Å². The Hall–Kier alpha value is -1.06. The molecule has 0 aliphatic carbocycles. The lowest BCUT2D eigenvalue weighted by molar-refractivity contribution is 0.237. The first-order valence-electron chi connectivity index (χ1n) is 7.51. The van der Waals surface area contributed by atoms with Crippen molar-refractivity contribution < 1.29 is 5.11 Å². The fourth-order valence-electron chi connectivity index (χ4n) is 2.75. The first-order chi connectivity index (χ1) is 9.28. The highest BCUT2D eigenvalue weighted by atomic mass is 16.3. The molecule has 0 bridgehead atoms. The molecule has 0 saturated carbocycles. The number of phenolic OH excluding ortho intramolecular Hbond substituents is 1. The van der Waals surface area contributed by atoms with Gasteiger partial charge in [0.05, 0.1) is 0 Å². The van der Waals surface area contributed by atoms with Gasteiger partial charge in [0.15, 0.2) is 0 Å². The van der Waals surface area contributed by atoms with E-state index in [0.717, 1.165) is 19.6 Å². The number of aromatic hydroxyl groups is 1. The summed E-state index contributed by atoms with van der Waals surface area (Å²) in [5, 5.41) is 13.1. The van der Waals surface area contributed by atoms with Crippen molar-refractivity contribution in [3.05, 3.63) is 29.8 Å². The topological polar surface area (TPSA) is 35.5 Å². The molecule has 1 saturated heterocycles. The Morgan fingerprint density at radius 2 is 2.32 bits per heavy atom. The van der Waals surface area contributed by atoms with Crippen molar-refractivity contribution in [3.8, 4) is 5.75 Å². The van der Waals surface area contributed by atoms with Gasteiger partial charge in [-0.3, -0.25) is 4.90 Å². The molecule has 1 aromatic rings. The number of hydrogen-bond donors (Lipinski definition) is 2. The molecule has 19 heavy (non-hydrogen) atoms. The third kappa shape index (κ3) is 4.84. The van der Waals surface area contributed by atoms with Gasteiger partial charge in [-0.1, -0.05) is 25.5 Å². The van der Waals surface area contributed by atoms with E-state index in [0.29, 0.717) is 11.8 Å². The Labute approximate surface area is 116 Å². The molecule has 0 spiro atoms. The zero-order chi connectivity index (χ0) is 13.5. The maximum atomic E-state index is 9.56. The van der Waals surface area contributed by atoms with Crippen LogP contribution in [0, 0.1) is 0 Å². The first-order valence-corrected chi connectivity index (χ1v) is 7.51. The molecule has 2 rings (SSSR count). The van der Waals surface area contributed by atoms with E-state index in [1.54, 1.807) is 6.07 Å². The smallest absolute Gasteiger partial charge is 0.115 e. The van der Waals surface area contributed by atoms with Crippen molar-refractivity contribution in [2.24, 2.45) is 0 Å². The largest absolute Gasteiger partial charge is 0.508 e. The van der Waals surface area contributed by atoms with E-state index in [9.17, 15) is 5.11 Å². The number of hydrogen-bond acceptors (Lipinski definition) is 3. The van der Waals surface area contributed by atoms with Gasteiger partial charge in [-0.15, -0.1) is 0 Å². The summed E-state index contributed by atoms with van der Waals surface area (Å²) in [6.45, 7) is 6.60. The lowest BCUT2D eigenvalue weighted by atomic mass is 10.1. The number of nitrogens with one attached hydrogen (secondary N) is 1. The van der Waals surface area contributed by atoms with Gasteiger partial charge in [-0.25, -0.2) is 0 Å². The Kier molecular flexibility index (Phi) is 5.67. The fraction of sp³-hybridized carbons (Fsp3) is 0.625. The fourth-order valence-corrected chi connectivity index (χ4v) is 2.75. The molecule has 1 aliphatic heterocycles. The van der Waals surface area contributed by atoms with E-state index in [4.69, 9.17) is 0 Å². The van der Waals surface area contributed by atoms with Crippen LogP contribution in [0.1, 0.15) is 38.2 Å². The molecule has 1 aliphatic rings. The third-order valence-electron chi connectivity index (χ3n) is 3.79. The summed E-state index contributed by atoms with van der Waals surface area (Å²) in [4.78, 5) is 2.52. The number of unbranched alkanes of at least 4 members (excludes halogenated alkanes) is 1. The summed E-state index contributed by atoms with van der Waals surface area (Å²) >= 11 is 0. The van der Waals surface area contributed by atoms with E-state index in [1.165, 1.54) is 37.8 Å². The minimum atomic E-state index is 0.368. The summed E-state index contributed by atoms with van der Waals surface area (Å²) in [6.07, 6.45) is 5.07. The van der Waals surface area contributed by atoms with Gasteiger partial charge in [0.1, 0.15) is 5.75 Å². The maximum absolute atomic E-state index is 9.56. The van der Waals surface area contributed by atoms with Crippen LogP contribution in [0.5, 0.6) is 5.75 Å². The Balaban J connectivity index is 1.92. The molecule has 1 heterocycles. The molecule has 3 heteroatoms. The van der Waals surface area contributed by atoms with Gasteiger partial charge in [0.2, 0.25) is 0 Å². The van der Waals surface area contributed by atoms with Gasteiger partial charge in [0, 0.05) is 19.1 Å². The van der Waals surface area contributed by atoms with Gasteiger partial charge in [-0.05, 0) is 50.0 Å². The van der Waals surface area contributed by atoms with E-state index in [-0.39, 0.29) is 0 Å². The van der Waals surface area contributed by atoms with Crippen LogP contribution in [0.25, 0.3) is 0 Å². The van der Waals surface area contributed by atoms with Crippen molar-refractivity contribution >= 4 is 0 Å². The molecular weight excluding hydrogens is 236 g/mol. The lowest BCUT2D eigenvalue weighted by Gasteiger charge is -2.25. The number of rotatable bonds is 7. The zero-order valence-corrected chi connectivity index (χ0v) is 11.9. The monoisotopic (exact) mass is 262 g/mol. The van der Waals surface area contributed by atoms with Crippen LogP contribution >= 0.6 is 0 Å². The highest BCUT2D eigenvalue weighted by Crippen LogP contribution is 2.15. The average molecular weight is 262 g/mol. The number of phenols is 1. The standard InChI is InChI=1S/C16H26N2O/c1-2-3-10-18(13-15-7-5-9-17-15)12-14-6-4-8-16(19)11-14/h4,6,8,11,15,17,19H,2-3,5,7,9-10,12-13H2,1H3. The second-order valence-corrected chi connectivity index (χ2v) is 5.55. The van der Waals surface area contributed by atoms with Gasteiger partial charge in [0.25, 0.3) is 0 Å². The van der Waals surface area contributed by atoms with E-state index >= 15 is 0 Å². The Bertz CT molecular complexity index is 375. The first kappa shape index (κ1) is 14.4. The molecule has 0 amide bonds. The molecule has 2 N–H and O–H groups in total.